The molecule has 2 bridgehead atoms. The van der Waals surface area contributed by atoms with Gasteiger partial charge in [-0.15, -0.1) is 0 Å². The van der Waals surface area contributed by atoms with Gasteiger partial charge in [-0.05, 0) is 49.3 Å². The smallest absolute Gasteiger partial charge is 0.253 e. The van der Waals surface area contributed by atoms with E-state index in [-0.39, 0.29) is 5.91 Å². The second-order valence-electron chi connectivity index (χ2n) is 6.32. The molecule has 2 aliphatic carbocycles. The third-order valence-electron chi connectivity index (χ3n) is 4.70. The number of hydrogen-bond donors (Lipinski definition) is 1. The van der Waals surface area contributed by atoms with Crippen LogP contribution in [0.5, 0.6) is 0 Å². The van der Waals surface area contributed by atoms with Crippen LogP contribution in [0.1, 0.15) is 36.0 Å². The molecule has 1 N–H and O–H groups in total. The van der Waals surface area contributed by atoms with Gasteiger partial charge in [-0.25, -0.2) is 0 Å². The van der Waals surface area contributed by atoms with Gasteiger partial charge >= 0.3 is 0 Å². The van der Waals surface area contributed by atoms with Crippen LogP contribution in [0.2, 0.25) is 5.02 Å². The summed E-state index contributed by atoms with van der Waals surface area (Å²) in [5.74, 6) is 1.68. The topological polar surface area (TPSA) is 32.3 Å². The summed E-state index contributed by atoms with van der Waals surface area (Å²) >= 11 is 6.27. The van der Waals surface area contributed by atoms with Gasteiger partial charge in [0.1, 0.15) is 0 Å². The number of nitrogens with one attached hydrogen (secondary N) is 1. The van der Waals surface area contributed by atoms with E-state index in [4.69, 9.17) is 11.6 Å². The van der Waals surface area contributed by atoms with Crippen molar-refractivity contribution in [2.75, 3.05) is 19.4 Å². The second kappa shape index (κ2) is 5.28. The van der Waals surface area contributed by atoms with Gasteiger partial charge in [-0.2, -0.15) is 0 Å². The summed E-state index contributed by atoms with van der Waals surface area (Å²) in [5.41, 5.74) is 1.59. The van der Waals surface area contributed by atoms with Gasteiger partial charge in [-0.3, -0.25) is 4.79 Å². The van der Waals surface area contributed by atoms with Crippen molar-refractivity contribution >= 4 is 23.2 Å². The van der Waals surface area contributed by atoms with E-state index in [1.54, 1.807) is 25.1 Å². The molecular weight excluding hydrogens is 272 g/mol. The molecule has 1 aromatic carbocycles. The van der Waals surface area contributed by atoms with E-state index in [9.17, 15) is 4.79 Å². The van der Waals surface area contributed by atoms with E-state index in [0.717, 1.165) is 17.5 Å². The lowest BCUT2D eigenvalue weighted by atomic mass is 9.95. The number of amides is 1. The van der Waals surface area contributed by atoms with Crippen LogP contribution < -0.4 is 5.32 Å². The summed E-state index contributed by atoms with van der Waals surface area (Å²) in [5, 5.41) is 4.27. The Balaban J connectivity index is 1.78. The minimum atomic E-state index is 0.0117. The van der Waals surface area contributed by atoms with Crippen molar-refractivity contribution < 1.29 is 4.79 Å². The van der Waals surface area contributed by atoms with Crippen molar-refractivity contribution in [3.8, 4) is 0 Å². The molecule has 0 spiro atoms. The van der Waals surface area contributed by atoms with Gasteiger partial charge in [0.2, 0.25) is 0 Å². The highest BCUT2D eigenvalue weighted by atomic mass is 35.5. The molecule has 0 heterocycles. The van der Waals surface area contributed by atoms with Crippen LogP contribution in [0.4, 0.5) is 5.69 Å². The van der Waals surface area contributed by atoms with Crippen LogP contribution in [-0.4, -0.2) is 30.9 Å². The zero-order valence-electron chi connectivity index (χ0n) is 12.0. The predicted molar refractivity (Wildman–Crippen MR) is 82.3 cm³/mol. The molecule has 2 aliphatic rings. The van der Waals surface area contributed by atoms with E-state index in [0.29, 0.717) is 16.6 Å². The molecule has 3 atom stereocenters. The Morgan fingerprint density at radius 3 is 2.70 bits per heavy atom. The van der Waals surface area contributed by atoms with Gasteiger partial charge in [-0.1, -0.05) is 18.0 Å². The second-order valence-corrected chi connectivity index (χ2v) is 6.73. The zero-order valence-corrected chi connectivity index (χ0v) is 12.8. The first-order chi connectivity index (χ1) is 9.54. The molecule has 2 saturated carbocycles. The first-order valence-electron chi connectivity index (χ1n) is 7.32. The van der Waals surface area contributed by atoms with Crippen molar-refractivity contribution in [2.45, 2.75) is 31.7 Å². The number of nitrogens with zero attached hydrogens (tertiary/aromatic N) is 1. The van der Waals surface area contributed by atoms with Gasteiger partial charge in [0, 0.05) is 25.7 Å². The zero-order chi connectivity index (χ0) is 14.3. The quantitative estimate of drug-likeness (QED) is 0.922. The molecule has 1 amide bonds. The summed E-state index contributed by atoms with van der Waals surface area (Å²) in [7, 11) is 3.53. The average molecular weight is 293 g/mol. The van der Waals surface area contributed by atoms with E-state index < -0.39 is 0 Å². The molecular formula is C16H21ClN2O. The van der Waals surface area contributed by atoms with Gasteiger partial charge in [0.25, 0.3) is 5.91 Å². The van der Waals surface area contributed by atoms with Crippen molar-refractivity contribution in [3.05, 3.63) is 28.8 Å². The highest BCUT2D eigenvalue weighted by molar-refractivity contribution is 6.33. The molecule has 3 nitrogen and oxygen atoms in total. The summed E-state index contributed by atoms with van der Waals surface area (Å²) in [6.45, 7) is 0. The molecule has 2 fully saturated rings. The van der Waals surface area contributed by atoms with Gasteiger partial charge < -0.3 is 10.2 Å². The maximum absolute atomic E-state index is 12.0. The molecule has 0 aromatic heterocycles. The number of carbonyl (C=O) groups is 1. The Hall–Kier alpha value is -1.22. The highest BCUT2D eigenvalue weighted by Gasteiger charge is 2.39. The number of benzene rings is 1. The van der Waals surface area contributed by atoms with Crippen LogP contribution in [0.3, 0.4) is 0 Å². The van der Waals surface area contributed by atoms with Gasteiger partial charge in [0.05, 0.1) is 10.7 Å². The van der Waals surface area contributed by atoms with E-state index in [1.807, 2.05) is 12.1 Å². The van der Waals surface area contributed by atoms with E-state index >= 15 is 0 Å². The van der Waals surface area contributed by atoms with Crippen molar-refractivity contribution in [1.29, 1.82) is 0 Å². The van der Waals surface area contributed by atoms with Crippen LogP contribution in [0, 0.1) is 11.8 Å². The Bertz CT molecular complexity index is 529. The van der Waals surface area contributed by atoms with Crippen molar-refractivity contribution in [3.63, 3.8) is 0 Å². The number of carbonyl (C=O) groups excluding carboxylic acids is 1. The first-order valence-corrected chi connectivity index (χ1v) is 7.70. The first kappa shape index (κ1) is 13.7. The lowest BCUT2D eigenvalue weighted by Gasteiger charge is -2.25. The molecule has 1 aromatic rings. The predicted octanol–water partition coefficient (Wildman–Crippen LogP) is 3.64. The minimum Gasteiger partial charge on any atom is -0.381 e. The summed E-state index contributed by atoms with van der Waals surface area (Å²) in [4.78, 5) is 13.6. The molecule has 20 heavy (non-hydrogen) atoms. The number of anilines is 1. The molecule has 0 radical (unpaired) electrons. The summed E-state index contributed by atoms with van der Waals surface area (Å²) < 4.78 is 0. The summed E-state index contributed by atoms with van der Waals surface area (Å²) in [6, 6.07) is 6.01. The fraction of sp³-hybridized carbons (Fsp3) is 0.562. The Kier molecular flexibility index (Phi) is 3.63. The highest BCUT2D eigenvalue weighted by Crippen LogP contribution is 2.46. The fourth-order valence-electron chi connectivity index (χ4n) is 3.65. The standard InChI is InChI=1S/C16H21ClN2O/c1-19(2)16(20)12-5-6-13(17)15(9-12)18-14-8-10-3-4-11(14)7-10/h5-6,9-11,14,18H,3-4,7-8H2,1-2H3. The van der Waals surface area contributed by atoms with E-state index in [2.05, 4.69) is 5.32 Å². The maximum Gasteiger partial charge on any atom is 0.253 e. The SMILES string of the molecule is CN(C)C(=O)c1ccc(Cl)c(NC2CC3CCC2C3)c1. The Morgan fingerprint density at radius 2 is 2.10 bits per heavy atom. The average Bonchev–Trinajstić information content (AvgIpc) is 3.02. The number of halogens is 1. The van der Waals surface area contributed by atoms with Crippen molar-refractivity contribution in [1.82, 2.24) is 4.90 Å². The molecule has 3 rings (SSSR count). The van der Waals surface area contributed by atoms with Crippen LogP contribution in [0.25, 0.3) is 0 Å². The number of fused-ring (bicyclic) bond motifs is 2. The van der Waals surface area contributed by atoms with Crippen LogP contribution >= 0.6 is 11.6 Å². The molecule has 0 saturated heterocycles. The van der Waals surface area contributed by atoms with Gasteiger partial charge in [0.15, 0.2) is 0 Å². The molecule has 108 valence electrons. The number of hydrogen-bond acceptors (Lipinski definition) is 2. The maximum atomic E-state index is 12.0. The third-order valence-corrected chi connectivity index (χ3v) is 5.03. The van der Waals surface area contributed by atoms with Crippen molar-refractivity contribution in [2.24, 2.45) is 11.8 Å². The normalized spacial score (nSPS) is 27.6. The number of rotatable bonds is 3. The van der Waals surface area contributed by atoms with Crippen LogP contribution in [0.15, 0.2) is 18.2 Å². The third kappa shape index (κ3) is 2.51. The summed E-state index contributed by atoms with van der Waals surface area (Å²) in [6.07, 6.45) is 5.31. The Morgan fingerprint density at radius 1 is 1.30 bits per heavy atom. The van der Waals surface area contributed by atoms with E-state index in [1.165, 1.54) is 25.7 Å². The molecule has 4 heteroatoms. The lowest BCUT2D eigenvalue weighted by Crippen LogP contribution is -2.26. The molecule has 0 aliphatic heterocycles. The Labute approximate surface area is 125 Å². The van der Waals surface area contributed by atoms with Crippen LogP contribution in [-0.2, 0) is 0 Å². The monoisotopic (exact) mass is 292 g/mol. The lowest BCUT2D eigenvalue weighted by molar-refractivity contribution is 0.0827. The largest absolute Gasteiger partial charge is 0.381 e. The fourth-order valence-corrected chi connectivity index (χ4v) is 3.82. The molecule has 3 unspecified atom stereocenters. The minimum absolute atomic E-state index is 0.0117.